The topological polar surface area (TPSA) is 49.3 Å². The minimum Gasteiger partial charge on any atom is -0.481 e. The largest absolute Gasteiger partial charge is 0.481 e. The number of nitrogens with one attached hydrogen (secondary N) is 1. The van der Waals surface area contributed by atoms with Gasteiger partial charge in [0.25, 0.3) is 0 Å². The van der Waals surface area contributed by atoms with Crippen LogP contribution in [0.15, 0.2) is 22.7 Å². The van der Waals surface area contributed by atoms with Crippen LogP contribution in [0.1, 0.15) is 38.7 Å². The van der Waals surface area contributed by atoms with Gasteiger partial charge in [0.05, 0.1) is 5.92 Å². The molecule has 0 fully saturated rings. The molecule has 3 nitrogen and oxygen atoms in total. The van der Waals surface area contributed by atoms with Crippen molar-refractivity contribution < 1.29 is 14.3 Å². The Morgan fingerprint density at radius 1 is 1.40 bits per heavy atom. The number of rotatable bonds is 8. The van der Waals surface area contributed by atoms with Crippen LogP contribution in [-0.2, 0) is 11.3 Å². The molecule has 0 heterocycles. The minimum atomic E-state index is -0.748. The lowest BCUT2D eigenvalue weighted by Crippen LogP contribution is -2.26. The predicted molar refractivity (Wildman–Crippen MR) is 81.1 cm³/mol. The first-order chi connectivity index (χ1) is 9.40. The summed E-state index contributed by atoms with van der Waals surface area (Å²) < 4.78 is 14.3. The van der Waals surface area contributed by atoms with Crippen LogP contribution >= 0.6 is 15.9 Å². The summed E-state index contributed by atoms with van der Waals surface area (Å²) in [6, 6.07) is 5.26. The van der Waals surface area contributed by atoms with Crippen molar-refractivity contribution in [1.29, 1.82) is 0 Å². The smallest absolute Gasteiger partial charge is 0.306 e. The molecule has 0 saturated carbocycles. The Morgan fingerprint density at radius 2 is 2.10 bits per heavy atom. The highest BCUT2D eigenvalue weighted by molar-refractivity contribution is 9.10. The average Bonchev–Trinajstić information content (AvgIpc) is 2.37. The predicted octanol–water partition coefficient (Wildman–Crippen LogP) is 3.96. The highest BCUT2D eigenvalue weighted by Crippen LogP contribution is 2.15. The normalized spacial score (nSPS) is 14.0. The molecule has 0 aromatic heterocycles. The standard InChI is InChI=1S/C15H21BrFNO2/c1-10(15(19)20)4-3-5-11(2)18-9-12-6-7-13(16)8-14(12)17/h6-8,10-11,18H,3-5,9H2,1-2H3,(H,19,20). The van der Waals surface area contributed by atoms with Gasteiger partial charge >= 0.3 is 5.97 Å². The van der Waals surface area contributed by atoms with E-state index >= 15 is 0 Å². The van der Waals surface area contributed by atoms with Crippen LogP contribution in [0.4, 0.5) is 4.39 Å². The Labute approximate surface area is 127 Å². The van der Waals surface area contributed by atoms with Crippen LogP contribution in [0.5, 0.6) is 0 Å². The Morgan fingerprint density at radius 3 is 2.70 bits per heavy atom. The molecule has 0 radical (unpaired) electrons. The molecule has 1 aromatic rings. The monoisotopic (exact) mass is 345 g/mol. The van der Waals surface area contributed by atoms with Gasteiger partial charge in [0.2, 0.25) is 0 Å². The second kappa shape index (κ2) is 8.37. The van der Waals surface area contributed by atoms with Crippen molar-refractivity contribution in [2.75, 3.05) is 0 Å². The Bertz CT molecular complexity index is 453. The SMILES string of the molecule is CC(CCCC(C)C(=O)O)NCc1ccc(Br)cc1F. The van der Waals surface area contributed by atoms with Crippen molar-refractivity contribution in [3.05, 3.63) is 34.1 Å². The van der Waals surface area contributed by atoms with E-state index in [0.29, 0.717) is 18.5 Å². The first kappa shape index (κ1) is 17.1. The summed E-state index contributed by atoms with van der Waals surface area (Å²) in [4.78, 5) is 10.7. The maximum atomic E-state index is 13.6. The Balaban J connectivity index is 2.29. The van der Waals surface area contributed by atoms with Gasteiger partial charge in [-0.15, -0.1) is 0 Å². The van der Waals surface area contributed by atoms with E-state index in [4.69, 9.17) is 5.11 Å². The van der Waals surface area contributed by atoms with Gasteiger partial charge < -0.3 is 10.4 Å². The summed E-state index contributed by atoms with van der Waals surface area (Å²) in [6.07, 6.45) is 2.41. The first-order valence-electron chi connectivity index (χ1n) is 6.80. The Kier molecular flexibility index (Phi) is 7.16. The van der Waals surface area contributed by atoms with Crippen molar-refractivity contribution >= 4 is 21.9 Å². The summed E-state index contributed by atoms with van der Waals surface area (Å²) in [6.45, 7) is 4.23. The van der Waals surface area contributed by atoms with Crippen LogP contribution < -0.4 is 5.32 Å². The highest BCUT2D eigenvalue weighted by Gasteiger charge is 2.11. The van der Waals surface area contributed by atoms with Crippen molar-refractivity contribution in [2.24, 2.45) is 5.92 Å². The molecule has 0 saturated heterocycles. The number of aliphatic carboxylic acids is 1. The summed E-state index contributed by atoms with van der Waals surface area (Å²) >= 11 is 3.23. The zero-order valence-corrected chi connectivity index (χ0v) is 13.4. The van der Waals surface area contributed by atoms with Gasteiger partial charge in [0, 0.05) is 22.6 Å². The molecule has 0 aliphatic carbocycles. The molecule has 5 heteroatoms. The molecule has 20 heavy (non-hydrogen) atoms. The van der Waals surface area contributed by atoms with E-state index in [2.05, 4.69) is 21.2 Å². The third-order valence-corrected chi connectivity index (χ3v) is 3.85. The molecule has 0 amide bonds. The van der Waals surface area contributed by atoms with Crippen molar-refractivity contribution in [3.8, 4) is 0 Å². The zero-order valence-electron chi connectivity index (χ0n) is 11.8. The molecule has 1 aromatic carbocycles. The second-order valence-corrected chi connectivity index (χ2v) is 6.10. The van der Waals surface area contributed by atoms with Crippen LogP contribution in [0.3, 0.4) is 0 Å². The first-order valence-corrected chi connectivity index (χ1v) is 7.59. The van der Waals surface area contributed by atoms with Gasteiger partial charge in [-0.2, -0.15) is 0 Å². The van der Waals surface area contributed by atoms with E-state index in [9.17, 15) is 9.18 Å². The van der Waals surface area contributed by atoms with E-state index in [1.54, 1.807) is 13.0 Å². The number of benzene rings is 1. The molecular formula is C15H21BrFNO2. The third-order valence-electron chi connectivity index (χ3n) is 3.35. The zero-order chi connectivity index (χ0) is 15.1. The average molecular weight is 346 g/mol. The fraction of sp³-hybridized carbons (Fsp3) is 0.533. The lowest BCUT2D eigenvalue weighted by Gasteiger charge is -2.15. The lowest BCUT2D eigenvalue weighted by molar-refractivity contribution is -0.141. The third kappa shape index (κ3) is 6.01. The number of halogens is 2. The molecule has 0 aliphatic rings. The van der Waals surface area contributed by atoms with Crippen molar-refractivity contribution in [2.45, 2.75) is 45.7 Å². The summed E-state index contributed by atoms with van der Waals surface area (Å²) in [5.41, 5.74) is 0.638. The molecule has 2 atom stereocenters. The minimum absolute atomic E-state index is 0.224. The summed E-state index contributed by atoms with van der Waals surface area (Å²) in [5, 5.41) is 12.1. The van der Waals surface area contributed by atoms with Gasteiger partial charge in [-0.3, -0.25) is 4.79 Å². The van der Waals surface area contributed by atoms with Crippen molar-refractivity contribution in [3.63, 3.8) is 0 Å². The summed E-state index contributed by atoms with van der Waals surface area (Å²) in [5.74, 6) is -1.27. The van der Waals surface area contributed by atoms with Crippen LogP contribution in [0.25, 0.3) is 0 Å². The number of hydrogen-bond donors (Lipinski definition) is 2. The quantitative estimate of drug-likeness (QED) is 0.749. The number of carbonyl (C=O) groups is 1. The highest BCUT2D eigenvalue weighted by atomic mass is 79.9. The molecule has 112 valence electrons. The molecular weight excluding hydrogens is 325 g/mol. The fourth-order valence-electron chi connectivity index (χ4n) is 1.90. The van der Waals surface area contributed by atoms with Gasteiger partial charge in [-0.25, -0.2) is 4.39 Å². The van der Waals surface area contributed by atoms with E-state index in [1.807, 2.05) is 13.0 Å². The molecule has 1 rings (SSSR count). The van der Waals surface area contributed by atoms with Crippen LogP contribution in [-0.4, -0.2) is 17.1 Å². The fourth-order valence-corrected chi connectivity index (χ4v) is 2.24. The van der Waals surface area contributed by atoms with Gasteiger partial charge in [0.1, 0.15) is 5.82 Å². The van der Waals surface area contributed by atoms with Gasteiger partial charge in [0.15, 0.2) is 0 Å². The number of carboxylic acid groups (broad SMARTS) is 1. The maximum Gasteiger partial charge on any atom is 0.306 e. The number of carboxylic acids is 1. The Hall–Kier alpha value is -0.940. The molecule has 2 unspecified atom stereocenters. The number of hydrogen-bond acceptors (Lipinski definition) is 2. The van der Waals surface area contributed by atoms with E-state index < -0.39 is 5.97 Å². The van der Waals surface area contributed by atoms with Crippen LogP contribution in [0.2, 0.25) is 0 Å². The van der Waals surface area contributed by atoms with E-state index in [0.717, 1.165) is 17.3 Å². The molecule has 2 N–H and O–H groups in total. The van der Waals surface area contributed by atoms with Crippen molar-refractivity contribution in [1.82, 2.24) is 5.32 Å². The van der Waals surface area contributed by atoms with E-state index in [1.165, 1.54) is 6.07 Å². The summed E-state index contributed by atoms with van der Waals surface area (Å²) in [7, 11) is 0. The molecule has 0 spiro atoms. The second-order valence-electron chi connectivity index (χ2n) is 5.19. The van der Waals surface area contributed by atoms with Gasteiger partial charge in [-0.05, 0) is 31.9 Å². The maximum absolute atomic E-state index is 13.6. The van der Waals surface area contributed by atoms with Crippen LogP contribution in [0, 0.1) is 11.7 Å². The van der Waals surface area contributed by atoms with E-state index in [-0.39, 0.29) is 17.8 Å². The molecule has 0 bridgehead atoms. The lowest BCUT2D eigenvalue weighted by atomic mass is 10.0. The molecule has 0 aliphatic heterocycles. The van der Waals surface area contributed by atoms with Gasteiger partial charge in [-0.1, -0.05) is 35.3 Å².